The SMILES string of the molecule is CC(C)(C)C(=O)N1CCN(c2ccc(NC(=O)c3ccc([N+](=O)[O-])cc3Cl)cc2)CC1. The highest BCUT2D eigenvalue weighted by atomic mass is 35.5. The van der Waals surface area contributed by atoms with E-state index in [9.17, 15) is 19.7 Å². The van der Waals surface area contributed by atoms with Crippen molar-refractivity contribution in [2.24, 2.45) is 5.41 Å². The first-order valence-electron chi connectivity index (χ1n) is 9.96. The second-order valence-corrected chi connectivity index (χ2v) is 8.86. The molecule has 2 amide bonds. The number of carbonyl (C=O) groups excluding carboxylic acids is 2. The molecule has 1 N–H and O–H groups in total. The zero-order valence-corrected chi connectivity index (χ0v) is 18.5. The number of nitro groups is 1. The van der Waals surface area contributed by atoms with E-state index in [1.807, 2.05) is 37.8 Å². The van der Waals surface area contributed by atoms with Crippen molar-refractivity contribution < 1.29 is 14.5 Å². The van der Waals surface area contributed by atoms with Crippen LogP contribution in [0, 0.1) is 15.5 Å². The van der Waals surface area contributed by atoms with E-state index in [1.54, 1.807) is 12.1 Å². The smallest absolute Gasteiger partial charge is 0.270 e. The van der Waals surface area contributed by atoms with Crippen LogP contribution in [0.2, 0.25) is 5.02 Å². The molecule has 0 aliphatic carbocycles. The molecule has 0 radical (unpaired) electrons. The van der Waals surface area contributed by atoms with Gasteiger partial charge in [-0.3, -0.25) is 19.7 Å². The molecule has 2 aromatic rings. The lowest BCUT2D eigenvalue weighted by atomic mass is 9.94. The number of hydrogen-bond donors (Lipinski definition) is 1. The quantitative estimate of drug-likeness (QED) is 0.563. The Labute approximate surface area is 185 Å². The third kappa shape index (κ3) is 5.32. The molecule has 9 heteroatoms. The Morgan fingerprint density at radius 2 is 1.65 bits per heavy atom. The van der Waals surface area contributed by atoms with Gasteiger partial charge < -0.3 is 15.1 Å². The van der Waals surface area contributed by atoms with Gasteiger partial charge in [-0.1, -0.05) is 32.4 Å². The fourth-order valence-corrected chi connectivity index (χ4v) is 3.66. The largest absolute Gasteiger partial charge is 0.368 e. The first-order chi connectivity index (χ1) is 14.6. The Morgan fingerprint density at radius 3 is 2.16 bits per heavy atom. The number of nitrogens with zero attached hydrogens (tertiary/aromatic N) is 3. The number of amides is 2. The van der Waals surface area contributed by atoms with Gasteiger partial charge >= 0.3 is 0 Å². The average molecular weight is 445 g/mol. The van der Waals surface area contributed by atoms with Gasteiger partial charge in [-0.05, 0) is 30.3 Å². The first kappa shape index (κ1) is 22.6. The summed E-state index contributed by atoms with van der Waals surface area (Å²) in [7, 11) is 0. The molecule has 3 rings (SSSR count). The Bertz CT molecular complexity index is 994. The van der Waals surface area contributed by atoms with Crippen molar-refractivity contribution in [3.8, 4) is 0 Å². The van der Waals surface area contributed by atoms with Crippen molar-refractivity contribution in [3.05, 3.63) is 63.2 Å². The Kier molecular flexibility index (Phi) is 6.50. The molecule has 2 aromatic carbocycles. The van der Waals surface area contributed by atoms with Crippen LogP contribution in [0.25, 0.3) is 0 Å². The van der Waals surface area contributed by atoms with Crippen molar-refractivity contribution in [3.63, 3.8) is 0 Å². The van der Waals surface area contributed by atoms with E-state index in [1.165, 1.54) is 12.1 Å². The maximum absolute atomic E-state index is 12.5. The Morgan fingerprint density at radius 1 is 1.03 bits per heavy atom. The number of non-ortho nitro benzene ring substituents is 1. The number of nitro benzene ring substituents is 1. The highest BCUT2D eigenvalue weighted by molar-refractivity contribution is 6.34. The van der Waals surface area contributed by atoms with Crippen LogP contribution in [0.3, 0.4) is 0 Å². The van der Waals surface area contributed by atoms with Crippen LogP contribution in [0.15, 0.2) is 42.5 Å². The zero-order valence-electron chi connectivity index (χ0n) is 17.7. The molecule has 8 nitrogen and oxygen atoms in total. The van der Waals surface area contributed by atoms with Crippen LogP contribution in [0.1, 0.15) is 31.1 Å². The molecular formula is C22H25ClN4O4. The summed E-state index contributed by atoms with van der Waals surface area (Å²) in [6.07, 6.45) is 0. The summed E-state index contributed by atoms with van der Waals surface area (Å²) >= 11 is 6.02. The minimum atomic E-state index is -0.564. The maximum atomic E-state index is 12.5. The molecule has 164 valence electrons. The summed E-state index contributed by atoms with van der Waals surface area (Å²) in [6, 6.07) is 11.1. The van der Waals surface area contributed by atoms with Gasteiger partial charge in [0.25, 0.3) is 11.6 Å². The molecule has 0 aromatic heterocycles. The summed E-state index contributed by atoms with van der Waals surface area (Å²) in [5.74, 6) is -0.280. The van der Waals surface area contributed by atoms with Gasteiger partial charge in [0.15, 0.2) is 0 Å². The lowest BCUT2D eigenvalue weighted by Crippen LogP contribution is -2.51. The number of carbonyl (C=O) groups is 2. The summed E-state index contributed by atoms with van der Waals surface area (Å²) in [5.41, 5.74) is 1.21. The van der Waals surface area contributed by atoms with Gasteiger partial charge in [-0.2, -0.15) is 0 Å². The standard InChI is InChI=1S/C22H25ClN4O4/c1-22(2,3)21(29)26-12-10-25(11-13-26)16-6-4-15(5-7-16)24-20(28)18-9-8-17(27(30)31)14-19(18)23/h4-9,14H,10-13H2,1-3H3,(H,24,28). The van der Waals surface area contributed by atoms with Crippen LogP contribution >= 0.6 is 11.6 Å². The summed E-state index contributed by atoms with van der Waals surface area (Å²) in [6.45, 7) is 8.62. The summed E-state index contributed by atoms with van der Waals surface area (Å²) in [4.78, 5) is 39.2. The lowest BCUT2D eigenvalue weighted by Gasteiger charge is -2.38. The number of halogens is 1. The van der Waals surface area contributed by atoms with Crippen molar-refractivity contribution in [1.82, 2.24) is 4.90 Å². The van der Waals surface area contributed by atoms with Crippen LogP contribution < -0.4 is 10.2 Å². The van der Waals surface area contributed by atoms with Crippen LogP contribution in [-0.4, -0.2) is 47.8 Å². The lowest BCUT2D eigenvalue weighted by molar-refractivity contribution is -0.384. The Hall–Kier alpha value is -3.13. The van der Waals surface area contributed by atoms with Gasteiger partial charge in [0, 0.05) is 55.1 Å². The number of nitrogens with one attached hydrogen (secondary N) is 1. The fourth-order valence-electron chi connectivity index (χ4n) is 3.40. The van der Waals surface area contributed by atoms with E-state index in [0.717, 1.165) is 24.8 Å². The average Bonchev–Trinajstić information content (AvgIpc) is 2.73. The molecule has 0 bridgehead atoms. The Balaban J connectivity index is 1.60. The van der Waals surface area contributed by atoms with E-state index >= 15 is 0 Å². The molecule has 1 saturated heterocycles. The monoisotopic (exact) mass is 444 g/mol. The molecule has 0 unspecified atom stereocenters. The molecule has 0 saturated carbocycles. The second-order valence-electron chi connectivity index (χ2n) is 8.45. The molecule has 1 aliphatic rings. The van der Waals surface area contributed by atoms with Crippen LogP contribution in [0.4, 0.5) is 17.1 Å². The normalized spacial score (nSPS) is 14.3. The molecule has 1 fully saturated rings. The van der Waals surface area contributed by atoms with Crippen molar-refractivity contribution in [1.29, 1.82) is 0 Å². The number of piperazine rings is 1. The van der Waals surface area contributed by atoms with E-state index in [2.05, 4.69) is 10.2 Å². The van der Waals surface area contributed by atoms with Crippen molar-refractivity contribution in [2.45, 2.75) is 20.8 Å². The van der Waals surface area contributed by atoms with Gasteiger partial charge in [-0.25, -0.2) is 0 Å². The number of benzene rings is 2. The topological polar surface area (TPSA) is 95.8 Å². The van der Waals surface area contributed by atoms with E-state index < -0.39 is 10.8 Å². The molecule has 0 atom stereocenters. The highest BCUT2D eigenvalue weighted by Gasteiger charge is 2.29. The zero-order chi connectivity index (χ0) is 22.8. The van der Waals surface area contributed by atoms with Gasteiger partial charge in [0.2, 0.25) is 5.91 Å². The minimum Gasteiger partial charge on any atom is -0.368 e. The fraction of sp³-hybridized carbons (Fsp3) is 0.364. The third-order valence-electron chi connectivity index (χ3n) is 5.11. The molecule has 31 heavy (non-hydrogen) atoms. The van der Waals surface area contributed by atoms with Gasteiger partial charge in [0.05, 0.1) is 15.5 Å². The van der Waals surface area contributed by atoms with Crippen molar-refractivity contribution in [2.75, 3.05) is 36.4 Å². The maximum Gasteiger partial charge on any atom is 0.270 e. The van der Waals surface area contributed by atoms with Gasteiger partial charge in [-0.15, -0.1) is 0 Å². The van der Waals surface area contributed by atoms with Crippen LogP contribution in [0.5, 0.6) is 0 Å². The molecule has 1 heterocycles. The highest BCUT2D eigenvalue weighted by Crippen LogP contribution is 2.25. The predicted molar refractivity (Wildman–Crippen MR) is 121 cm³/mol. The summed E-state index contributed by atoms with van der Waals surface area (Å²) < 4.78 is 0. The summed E-state index contributed by atoms with van der Waals surface area (Å²) in [5, 5.41) is 13.6. The van der Waals surface area contributed by atoms with E-state index in [4.69, 9.17) is 11.6 Å². The second kappa shape index (κ2) is 8.93. The van der Waals surface area contributed by atoms with Gasteiger partial charge in [0.1, 0.15) is 0 Å². The van der Waals surface area contributed by atoms with Crippen LogP contribution in [-0.2, 0) is 4.79 Å². The predicted octanol–water partition coefficient (Wildman–Crippen LogP) is 4.20. The van der Waals surface area contributed by atoms with E-state index in [-0.39, 0.29) is 27.6 Å². The van der Waals surface area contributed by atoms with Crippen molar-refractivity contribution >= 4 is 40.5 Å². The minimum absolute atomic E-state index is 0.0194. The number of hydrogen-bond acceptors (Lipinski definition) is 5. The molecular weight excluding hydrogens is 420 g/mol. The number of rotatable bonds is 4. The first-order valence-corrected chi connectivity index (χ1v) is 10.3. The molecule has 0 spiro atoms. The van der Waals surface area contributed by atoms with E-state index in [0.29, 0.717) is 18.8 Å². The molecule has 1 aliphatic heterocycles. The number of anilines is 2. The third-order valence-corrected chi connectivity index (χ3v) is 5.42.